The summed E-state index contributed by atoms with van der Waals surface area (Å²) in [5.41, 5.74) is 5.49. The normalized spacial score (nSPS) is 26.7. The Kier molecular flexibility index (Phi) is 2.73. The number of aromatic nitrogens is 2. The fourth-order valence-electron chi connectivity index (χ4n) is 1.86. The van der Waals surface area contributed by atoms with Crippen LogP contribution in [-0.2, 0) is 4.74 Å². The molecule has 15 heavy (non-hydrogen) atoms. The lowest BCUT2D eigenvalue weighted by atomic mass is 10.2. The van der Waals surface area contributed by atoms with Gasteiger partial charge in [0.25, 0.3) is 0 Å². The average molecular weight is 208 g/mol. The molecule has 1 aliphatic heterocycles. The molecule has 1 fully saturated rings. The first-order valence-corrected chi connectivity index (χ1v) is 5.13. The van der Waals surface area contributed by atoms with E-state index in [1.165, 1.54) is 0 Å². The molecule has 0 spiro atoms. The molecular weight excluding hydrogens is 192 g/mol. The molecule has 0 radical (unpaired) electrons. The van der Waals surface area contributed by atoms with Crippen LogP contribution in [0.1, 0.15) is 13.8 Å². The lowest BCUT2D eigenvalue weighted by Gasteiger charge is -2.35. The molecule has 1 saturated heterocycles. The maximum Gasteiger partial charge on any atom is 0.147 e. The van der Waals surface area contributed by atoms with Crippen molar-refractivity contribution < 1.29 is 4.74 Å². The van der Waals surface area contributed by atoms with E-state index in [2.05, 4.69) is 28.7 Å². The van der Waals surface area contributed by atoms with Crippen molar-refractivity contribution >= 4 is 11.6 Å². The van der Waals surface area contributed by atoms with E-state index in [4.69, 9.17) is 10.5 Å². The van der Waals surface area contributed by atoms with Crippen molar-refractivity contribution in [3.63, 3.8) is 0 Å². The van der Waals surface area contributed by atoms with Crippen LogP contribution in [0.3, 0.4) is 0 Å². The Morgan fingerprint density at radius 3 is 2.47 bits per heavy atom. The van der Waals surface area contributed by atoms with Gasteiger partial charge in [0.1, 0.15) is 11.6 Å². The Bertz CT molecular complexity index is 317. The van der Waals surface area contributed by atoms with Crippen LogP contribution in [0.15, 0.2) is 12.4 Å². The maximum absolute atomic E-state index is 5.65. The summed E-state index contributed by atoms with van der Waals surface area (Å²) < 4.78 is 5.65. The van der Waals surface area contributed by atoms with E-state index in [-0.39, 0.29) is 12.2 Å². The van der Waals surface area contributed by atoms with Crippen molar-refractivity contribution in [3.8, 4) is 0 Å². The quantitative estimate of drug-likeness (QED) is 0.735. The molecule has 0 unspecified atom stereocenters. The Balaban J connectivity index is 2.12. The van der Waals surface area contributed by atoms with Gasteiger partial charge in [0, 0.05) is 13.1 Å². The van der Waals surface area contributed by atoms with Crippen molar-refractivity contribution in [2.75, 3.05) is 23.7 Å². The van der Waals surface area contributed by atoms with Crippen LogP contribution in [0.5, 0.6) is 0 Å². The van der Waals surface area contributed by atoms with E-state index in [1.807, 2.05) is 0 Å². The summed E-state index contributed by atoms with van der Waals surface area (Å²) in [7, 11) is 0. The number of hydrogen-bond donors (Lipinski definition) is 1. The van der Waals surface area contributed by atoms with Crippen LogP contribution in [-0.4, -0.2) is 35.3 Å². The first-order chi connectivity index (χ1) is 7.15. The molecule has 2 N–H and O–H groups in total. The molecule has 2 rings (SSSR count). The van der Waals surface area contributed by atoms with Gasteiger partial charge in [-0.3, -0.25) is 0 Å². The number of rotatable bonds is 1. The number of morpholine rings is 1. The topological polar surface area (TPSA) is 64.3 Å². The van der Waals surface area contributed by atoms with Gasteiger partial charge in [-0.05, 0) is 13.8 Å². The Labute approximate surface area is 89.3 Å². The Morgan fingerprint density at radius 2 is 1.93 bits per heavy atom. The summed E-state index contributed by atoms with van der Waals surface area (Å²) >= 11 is 0. The molecular formula is C10H16N4O. The number of anilines is 2. The van der Waals surface area contributed by atoms with Crippen LogP contribution in [0.25, 0.3) is 0 Å². The van der Waals surface area contributed by atoms with E-state index in [1.54, 1.807) is 12.4 Å². The molecule has 0 aromatic carbocycles. The van der Waals surface area contributed by atoms with E-state index >= 15 is 0 Å². The van der Waals surface area contributed by atoms with Gasteiger partial charge in [0.05, 0.1) is 24.6 Å². The van der Waals surface area contributed by atoms with Gasteiger partial charge in [-0.2, -0.15) is 0 Å². The van der Waals surface area contributed by atoms with Crippen LogP contribution >= 0.6 is 0 Å². The largest absolute Gasteiger partial charge is 0.382 e. The Hall–Kier alpha value is -1.36. The fourth-order valence-corrected chi connectivity index (χ4v) is 1.86. The lowest BCUT2D eigenvalue weighted by Crippen LogP contribution is -2.45. The summed E-state index contributed by atoms with van der Waals surface area (Å²) in [6.07, 6.45) is 3.75. The minimum atomic E-state index is 0.230. The van der Waals surface area contributed by atoms with Gasteiger partial charge >= 0.3 is 0 Å². The van der Waals surface area contributed by atoms with Crippen molar-refractivity contribution in [3.05, 3.63) is 12.4 Å². The zero-order valence-electron chi connectivity index (χ0n) is 9.05. The summed E-state index contributed by atoms with van der Waals surface area (Å²) in [6, 6.07) is 0. The second-order valence-corrected chi connectivity index (χ2v) is 3.96. The molecule has 2 heterocycles. The standard InChI is InChI=1S/C10H16N4O/c1-7-5-14(6-8(2)15-7)10-4-12-9(11)3-13-10/h3-4,7-8H,5-6H2,1-2H3,(H2,11,12)/t7-,8+. The highest BCUT2D eigenvalue weighted by atomic mass is 16.5. The predicted octanol–water partition coefficient (Wildman–Crippen LogP) is 0.672. The van der Waals surface area contributed by atoms with Crippen LogP contribution in [0.2, 0.25) is 0 Å². The SMILES string of the molecule is C[C@@H]1CN(c2cnc(N)cn2)C[C@H](C)O1. The van der Waals surface area contributed by atoms with Crippen LogP contribution in [0.4, 0.5) is 11.6 Å². The minimum absolute atomic E-state index is 0.230. The summed E-state index contributed by atoms with van der Waals surface area (Å²) in [4.78, 5) is 10.5. The molecule has 1 aromatic rings. The fraction of sp³-hybridized carbons (Fsp3) is 0.600. The van der Waals surface area contributed by atoms with Crippen molar-refractivity contribution in [2.24, 2.45) is 0 Å². The summed E-state index contributed by atoms with van der Waals surface area (Å²) in [5, 5.41) is 0. The number of nitrogens with zero attached hydrogens (tertiary/aromatic N) is 3. The minimum Gasteiger partial charge on any atom is -0.382 e. The van der Waals surface area contributed by atoms with Gasteiger partial charge in [0.2, 0.25) is 0 Å². The molecule has 82 valence electrons. The highest BCUT2D eigenvalue weighted by Crippen LogP contribution is 2.17. The Morgan fingerprint density at radius 1 is 1.27 bits per heavy atom. The van der Waals surface area contributed by atoms with Crippen molar-refractivity contribution in [1.82, 2.24) is 9.97 Å². The van der Waals surface area contributed by atoms with E-state index < -0.39 is 0 Å². The third-order valence-electron chi connectivity index (χ3n) is 2.40. The number of hydrogen-bond acceptors (Lipinski definition) is 5. The highest BCUT2D eigenvalue weighted by Gasteiger charge is 2.23. The monoisotopic (exact) mass is 208 g/mol. The molecule has 2 atom stereocenters. The van der Waals surface area contributed by atoms with Gasteiger partial charge in [-0.1, -0.05) is 0 Å². The average Bonchev–Trinajstić information content (AvgIpc) is 2.17. The second kappa shape index (κ2) is 4.02. The van der Waals surface area contributed by atoms with Gasteiger partial charge < -0.3 is 15.4 Å². The molecule has 0 bridgehead atoms. The molecule has 0 aliphatic carbocycles. The zero-order chi connectivity index (χ0) is 10.8. The number of nitrogens with two attached hydrogens (primary N) is 1. The van der Waals surface area contributed by atoms with Crippen LogP contribution in [0, 0.1) is 0 Å². The first-order valence-electron chi connectivity index (χ1n) is 5.13. The maximum atomic E-state index is 5.65. The molecule has 5 heteroatoms. The molecule has 1 aliphatic rings. The van der Waals surface area contributed by atoms with E-state index in [0.717, 1.165) is 18.9 Å². The number of ether oxygens (including phenoxy) is 1. The number of nitrogen functional groups attached to an aromatic ring is 1. The highest BCUT2D eigenvalue weighted by molar-refractivity contribution is 5.40. The lowest BCUT2D eigenvalue weighted by molar-refractivity contribution is -0.00547. The van der Waals surface area contributed by atoms with Gasteiger partial charge in [-0.25, -0.2) is 9.97 Å². The van der Waals surface area contributed by atoms with E-state index in [9.17, 15) is 0 Å². The van der Waals surface area contributed by atoms with Crippen molar-refractivity contribution in [1.29, 1.82) is 0 Å². The van der Waals surface area contributed by atoms with Crippen LogP contribution < -0.4 is 10.6 Å². The smallest absolute Gasteiger partial charge is 0.147 e. The third-order valence-corrected chi connectivity index (χ3v) is 2.40. The van der Waals surface area contributed by atoms with E-state index in [0.29, 0.717) is 5.82 Å². The second-order valence-electron chi connectivity index (χ2n) is 3.96. The molecule has 0 amide bonds. The third kappa shape index (κ3) is 2.36. The van der Waals surface area contributed by atoms with Gasteiger partial charge in [0.15, 0.2) is 0 Å². The van der Waals surface area contributed by atoms with Crippen molar-refractivity contribution in [2.45, 2.75) is 26.1 Å². The molecule has 1 aromatic heterocycles. The first kappa shape index (κ1) is 10.2. The predicted molar refractivity (Wildman–Crippen MR) is 58.7 cm³/mol. The summed E-state index contributed by atoms with van der Waals surface area (Å²) in [6.45, 7) is 5.83. The zero-order valence-corrected chi connectivity index (χ0v) is 9.05. The molecule has 0 saturated carbocycles. The summed E-state index contributed by atoms with van der Waals surface area (Å²) in [5.74, 6) is 1.32. The van der Waals surface area contributed by atoms with Gasteiger partial charge in [-0.15, -0.1) is 0 Å². The molecule has 5 nitrogen and oxygen atoms in total.